The van der Waals surface area contributed by atoms with Crippen molar-refractivity contribution in [1.82, 2.24) is 15.2 Å². The highest BCUT2D eigenvalue weighted by atomic mass is 16.3. The van der Waals surface area contributed by atoms with Gasteiger partial charge < -0.3 is 30.7 Å². The highest BCUT2D eigenvalue weighted by Gasteiger charge is 2.40. The van der Waals surface area contributed by atoms with Crippen molar-refractivity contribution < 1.29 is 28.4 Å². The van der Waals surface area contributed by atoms with Crippen molar-refractivity contribution in [2.45, 2.75) is 57.2 Å². The van der Waals surface area contributed by atoms with Crippen LogP contribution in [-0.4, -0.2) is 46.1 Å². The molecule has 41 heavy (non-hydrogen) atoms. The third-order valence-corrected chi connectivity index (χ3v) is 7.88. The zero-order chi connectivity index (χ0) is 29.1. The van der Waals surface area contributed by atoms with E-state index in [1.54, 1.807) is 24.3 Å². The van der Waals surface area contributed by atoms with Crippen LogP contribution in [0.15, 0.2) is 57.9 Å². The summed E-state index contributed by atoms with van der Waals surface area (Å²) in [7, 11) is 0. The summed E-state index contributed by atoms with van der Waals surface area (Å²) in [5, 5.41) is 8.70. The van der Waals surface area contributed by atoms with Crippen molar-refractivity contribution in [2.75, 3.05) is 5.32 Å². The fourth-order valence-corrected chi connectivity index (χ4v) is 5.80. The number of rotatable bonds is 11. The number of para-hydroxylation sites is 1. The van der Waals surface area contributed by atoms with Crippen LogP contribution in [-0.2, 0) is 25.7 Å². The van der Waals surface area contributed by atoms with Crippen LogP contribution in [0, 0.1) is 11.8 Å². The highest BCUT2D eigenvalue weighted by Crippen LogP contribution is 2.44. The average molecular weight is 562 g/mol. The number of carbonyl (C=O) groups excluding carboxylic acids is 5. The predicted octanol–water partition coefficient (Wildman–Crippen LogP) is 1.47. The molecule has 0 aliphatic heterocycles. The van der Waals surface area contributed by atoms with Crippen molar-refractivity contribution in [1.29, 1.82) is 0 Å². The van der Waals surface area contributed by atoms with Crippen LogP contribution in [0.5, 0.6) is 0 Å². The largest absolute Gasteiger partial charge is 0.451 e. The van der Waals surface area contributed by atoms with Crippen LogP contribution in [0.2, 0.25) is 0 Å². The molecule has 2 aromatic heterocycles. The predicted molar refractivity (Wildman–Crippen MR) is 148 cm³/mol. The van der Waals surface area contributed by atoms with Crippen molar-refractivity contribution in [3.05, 3.63) is 64.8 Å². The number of ketones is 1. The first-order valence-electron chi connectivity index (χ1n) is 13.6. The highest BCUT2D eigenvalue weighted by molar-refractivity contribution is 6.35. The van der Waals surface area contributed by atoms with Crippen molar-refractivity contribution in [2.24, 2.45) is 17.6 Å². The van der Waals surface area contributed by atoms with Gasteiger partial charge in [0.2, 0.25) is 17.6 Å². The molecule has 0 saturated heterocycles. The van der Waals surface area contributed by atoms with Crippen LogP contribution >= 0.6 is 0 Å². The van der Waals surface area contributed by atoms with Gasteiger partial charge in [0, 0.05) is 24.0 Å². The Labute approximate surface area is 234 Å². The van der Waals surface area contributed by atoms with Gasteiger partial charge in [0.25, 0.3) is 17.4 Å². The zero-order valence-electron chi connectivity index (χ0n) is 22.3. The maximum Gasteiger partial charge on any atom is 0.287 e. The molecule has 2 heterocycles. The monoisotopic (exact) mass is 561 g/mol. The molecule has 2 saturated carbocycles. The number of pyridine rings is 1. The minimum absolute atomic E-state index is 0.0613. The summed E-state index contributed by atoms with van der Waals surface area (Å²) in [6.45, 7) is -0.213. The molecule has 12 nitrogen and oxygen atoms in total. The third kappa shape index (κ3) is 6.37. The van der Waals surface area contributed by atoms with E-state index in [0.717, 1.165) is 19.3 Å². The van der Waals surface area contributed by atoms with Gasteiger partial charge in [0.05, 0.1) is 0 Å². The summed E-state index contributed by atoms with van der Waals surface area (Å²) in [6, 6.07) is 10.2. The quantitative estimate of drug-likeness (QED) is 0.256. The lowest BCUT2D eigenvalue weighted by Crippen LogP contribution is -2.45. The van der Waals surface area contributed by atoms with Crippen LogP contribution in [0.4, 0.5) is 5.69 Å². The van der Waals surface area contributed by atoms with E-state index in [1.807, 2.05) is 0 Å². The molecule has 4 atom stereocenters. The van der Waals surface area contributed by atoms with E-state index >= 15 is 0 Å². The number of benzene rings is 1. The van der Waals surface area contributed by atoms with E-state index in [9.17, 15) is 28.8 Å². The van der Waals surface area contributed by atoms with E-state index in [4.69, 9.17) is 10.2 Å². The molecule has 2 aliphatic rings. The van der Waals surface area contributed by atoms with Gasteiger partial charge in [0.15, 0.2) is 5.76 Å². The van der Waals surface area contributed by atoms with E-state index in [-0.39, 0.29) is 36.4 Å². The molecule has 2 bridgehead atoms. The lowest BCUT2D eigenvalue weighted by atomic mass is 9.95. The molecule has 0 spiro atoms. The fourth-order valence-electron chi connectivity index (χ4n) is 5.80. The number of anilines is 1. The topological polar surface area (TPSA) is 183 Å². The SMILES string of the molecule is NC(=O)C(=O)CC[C@H](NC(=O)c1cc2ccccc2o1)C(=O)Nc1cccn(CC(=O)N[C@@H]2CC3CCC2C3)c1=O. The number of nitrogens with zero attached hydrogens (tertiary/aromatic N) is 1. The number of aromatic nitrogens is 1. The summed E-state index contributed by atoms with van der Waals surface area (Å²) in [5.41, 5.74) is 4.78. The molecule has 1 aromatic carbocycles. The Morgan fingerprint density at radius 3 is 2.56 bits per heavy atom. The molecule has 0 radical (unpaired) electrons. The van der Waals surface area contributed by atoms with E-state index < -0.39 is 41.5 Å². The first-order chi connectivity index (χ1) is 19.7. The smallest absolute Gasteiger partial charge is 0.287 e. The number of nitrogens with two attached hydrogens (primary N) is 1. The number of carbonyl (C=O) groups is 5. The van der Waals surface area contributed by atoms with Crippen molar-refractivity contribution >= 4 is 46.1 Å². The summed E-state index contributed by atoms with van der Waals surface area (Å²) in [4.78, 5) is 75.0. The average Bonchev–Trinajstić information content (AvgIpc) is 3.68. The Morgan fingerprint density at radius 1 is 1.05 bits per heavy atom. The molecule has 4 amide bonds. The number of Topliss-reactive ketones (excluding diaryl/α,β-unsaturated/α-hetero) is 1. The Kier molecular flexibility index (Phi) is 7.99. The molecule has 2 fully saturated rings. The summed E-state index contributed by atoms with van der Waals surface area (Å²) >= 11 is 0. The van der Waals surface area contributed by atoms with Gasteiger partial charge in [0.1, 0.15) is 23.9 Å². The van der Waals surface area contributed by atoms with Gasteiger partial charge in [-0.2, -0.15) is 0 Å². The first kappa shape index (κ1) is 27.8. The third-order valence-electron chi connectivity index (χ3n) is 7.88. The molecule has 3 aromatic rings. The molecule has 5 N–H and O–H groups in total. The lowest BCUT2D eigenvalue weighted by molar-refractivity contribution is -0.136. The van der Waals surface area contributed by atoms with Gasteiger partial charge >= 0.3 is 0 Å². The maximum absolute atomic E-state index is 13.2. The molecule has 12 heteroatoms. The number of hydrogen-bond donors (Lipinski definition) is 4. The number of amides is 4. The molecule has 5 rings (SSSR count). The van der Waals surface area contributed by atoms with Crippen LogP contribution in [0.25, 0.3) is 11.0 Å². The van der Waals surface area contributed by atoms with Gasteiger partial charge in [-0.05, 0) is 61.8 Å². The Balaban J connectivity index is 1.27. The second-order valence-corrected chi connectivity index (χ2v) is 10.7. The lowest BCUT2D eigenvalue weighted by Gasteiger charge is -2.23. The minimum Gasteiger partial charge on any atom is -0.451 e. The van der Waals surface area contributed by atoms with Crippen LogP contribution in [0.1, 0.15) is 49.1 Å². The minimum atomic E-state index is -1.31. The standard InChI is InChI=1S/C29H31N5O7/c30-26(37)22(35)10-9-19(32-28(39)24-14-18-4-1-2-6-23(18)41-24)27(38)33-20-5-3-11-34(29(20)40)15-25(36)31-21-13-16-7-8-17(21)12-16/h1-6,11,14,16-17,19,21H,7-10,12-13,15H2,(H2,30,37)(H,31,36)(H,32,39)(H,33,38)/t16?,17?,19-,21+/m0/s1. The number of furan rings is 1. The number of hydrogen-bond acceptors (Lipinski definition) is 7. The second kappa shape index (κ2) is 11.8. The number of nitrogens with one attached hydrogen (secondary N) is 3. The molecule has 2 aliphatic carbocycles. The summed E-state index contributed by atoms with van der Waals surface area (Å²) in [6.07, 6.45) is 5.18. The Morgan fingerprint density at radius 2 is 1.85 bits per heavy atom. The Bertz CT molecular complexity index is 1540. The molecule has 214 valence electrons. The summed E-state index contributed by atoms with van der Waals surface area (Å²) < 4.78 is 6.74. The van der Waals surface area contributed by atoms with Gasteiger partial charge in [-0.3, -0.25) is 28.8 Å². The van der Waals surface area contributed by atoms with Crippen molar-refractivity contribution in [3.8, 4) is 0 Å². The Hall–Kier alpha value is -4.74. The second-order valence-electron chi connectivity index (χ2n) is 10.7. The number of fused-ring (bicyclic) bond motifs is 3. The van der Waals surface area contributed by atoms with Gasteiger partial charge in [-0.15, -0.1) is 0 Å². The summed E-state index contributed by atoms with van der Waals surface area (Å²) in [5.74, 6) is -2.80. The normalized spacial score (nSPS) is 20.0. The van der Waals surface area contributed by atoms with Gasteiger partial charge in [-0.1, -0.05) is 24.6 Å². The number of primary amides is 1. The van der Waals surface area contributed by atoms with Crippen molar-refractivity contribution in [3.63, 3.8) is 0 Å². The maximum atomic E-state index is 13.2. The van der Waals surface area contributed by atoms with E-state index in [2.05, 4.69) is 16.0 Å². The fraction of sp³-hybridized carbons (Fsp3) is 0.379. The van der Waals surface area contributed by atoms with E-state index in [0.29, 0.717) is 22.8 Å². The molecule has 2 unspecified atom stereocenters. The van der Waals surface area contributed by atoms with E-state index in [1.165, 1.54) is 35.4 Å². The first-order valence-corrected chi connectivity index (χ1v) is 13.6. The zero-order valence-corrected chi connectivity index (χ0v) is 22.3. The molecular weight excluding hydrogens is 530 g/mol. The van der Waals surface area contributed by atoms with Crippen LogP contribution in [0.3, 0.4) is 0 Å². The molecular formula is C29H31N5O7. The van der Waals surface area contributed by atoms with Crippen LogP contribution < -0.4 is 27.2 Å². The van der Waals surface area contributed by atoms with Gasteiger partial charge in [-0.25, -0.2) is 0 Å².